The predicted octanol–water partition coefficient (Wildman–Crippen LogP) is 3.55. The molecule has 6 nitrogen and oxygen atoms in total. The van der Waals surface area contributed by atoms with E-state index in [1.54, 1.807) is 7.11 Å². The van der Waals surface area contributed by atoms with Gasteiger partial charge < -0.3 is 15.2 Å². The Kier molecular flexibility index (Phi) is 5.87. The van der Waals surface area contributed by atoms with E-state index in [0.717, 1.165) is 39.6 Å². The first kappa shape index (κ1) is 20.3. The molecular weight excluding hydrogens is 406 g/mol. The average Bonchev–Trinajstić information content (AvgIpc) is 3.23. The maximum Gasteiger partial charge on any atom is 0.183 e. The number of piperidine rings is 1. The van der Waals surface area contributed by atoms with Gasteiger partial charge in [-0.2, -0.15) is 0 Å². The molecule has 3 aromatic rings. The summed E-state index contributed by atoms with van der Waals surface area (Å²) in [5.74, 6) is 1.72. The summed E-state index contributed by atoms with van der Waals surface area (Å²) >= 11 is 2.81. The highest BCUT2D eigenvalue weighted by Crippen LogP contribution is 2.36. The van der Waals surface area contributed by atoms with Crippen molar-refractivity contribution in [3.8, 4) is 5.75 Å². The van der Waals surface area contributed by atoms with Gasteiger partial charge >= 0.3 is 0 Å². The van der Waals surface area contributed by atoms with Gasteiger partial charge in [0.05, 0.1) is 23.3 Å². The van der Waals surface area contributed by atoms with E-state index in [4.69, 9.17) is 4.74 Å². The Morgan fingerprint density at radius 2 is 2.07 bits per heavy atom. The first-order chi connectivity index (χ1) is 14.0. The first-order valence-electron chi connectivity index (χ1n) is 9.50. The lowest BCUT2D eigenvalue weighted by atomic mass is 9.91. The summed E-state index contributed by atoms with van der Waals surface area (Å²) in [5.41, 5.74) is 0.0118. The lowest BCUT2D eigenvalue weighted by Gasteiger charge is -2.31. The molecule has 0 amide bonds. The minimum Gasteiger partial charge on any atom is -0.497 e. The number of fused-ring (bicyclic) bond motifs is 1. The number of thioether (sulfide) groups is 1. The van der Waals surface area contributed by atoms with Gasteiger partial charge in [-0.15, -0.1) is 11.3 Å². The maximum absolute atomic E-state index is 12.8. The molecule has 3 heterocycles. The minimum absolute atomic E-state index is 0.0381. The number of nitrogens with zero attached hydrogens (tertiary/aromatic N) is 2. The molecule has 8 heteroatoms. The number of aromatic nitrogens is 2. The van der Waals surface area contributed by atoms with Crippen LogP contribution in [0, 0.1) is 6.92 Å². The fourth-order valence-electron chi connectivity index (χ4n) is 3.46. The summed E-state index contributed by atoms with van der Waals surface area (Å²) in [5, 5.41) is 15.8. The Morgan fingerprint density at radius 1 is 1.28 bits per heavy atom. The number of rotatable bonds is 6. The van der Waals surface area contributed by atoms with Gasteiger partial charge in [-0.1, -0.05) is 11.8 Å². The van der Waals surface area contributed by atoms with Crippen molar-refractivity contribution in [3.05, 3.63) is 45.9 Å². The second-order valence-corrected chi connectivity index (χ2v) is 9.16. The third-order valence-corrected chi connectivity index (χ3v) is 7.40. The molecule has 1 aliphatic heterocycles. The summed E-state index contributed by atoms with van der Waals surface area (Å²) in [6.45, 7) is 3.43. The van der Waals surface area contributed by atoms with Crippen molar-refractivity contribution in [1.82, 2.24) is 15.3 Å². The zero-order valence-corrected chi connectivity index (χ0v) is 18.0. The number of methoxy groups -OCH3 is 1. The van der Waals surface area contributed by atoms with Crippen LogP contribution in [0.1, 0.15) is 33.2 Å². The second kappa shape index (κ2) is 8.39. The monoisotopic (exact) mass is 429 g/mol. The molecule has 1 fully saturated rings. The lowest BCUT2D eigenvalue weighted by Crippen LogP contribution is -2.39. The molecule has 0 unspecified atom stereocenters. The van der Waals surface area contributed by atoms with Crippen molar-refractivity contribution in [2.24, 2.45) is 0 Å². The number of Topliss-reactive ketones (excluding diaryl/α,β-unsaturated/α-hetero) is 1. The van der Waals surface area contributed by atoms with Gasteiger partial charge in [-0.05, 0) is 63.2 Å². The number of hydrogen-bond donors (Lipinski definition) is 2. The van der Waals surface area contributed by atoms with Gasteiger partial charge in [0.15, 0.2) is 5.78 Å². The number of hydrogen-bond acceptors (Lipinski definition) is 8. The molecule has 0 spiro atoms. The molecule has 4 rings (SSSR count). The zero-order chi connectivity index (χ0) is 20.4. The molecule has 1 saturated heterocycles. The maximum atomic E-state index is 12.8. The number of benzene rings is 1. The van der Waals surface area contributed by atoms with E-state index < -0.39 is 5.60 Å². The highest BCUT2D eigenvalue weighted by molar-refractivity contribution is 8.00. The number of ketones is 1. The van der Waals surface area contributed by atoms with E-state index in [-0.39, 0.29) is 11.5 Å². The molecule has 29 heavy (non-hydrogen) atoms. The van der Waals surface area contributed by atoms with Gasteiger partial charge in [-0.25, -0.2) is 9.97 Å². The van der Waals surface area contributed by atoms with Crippen LogP contribution >= 0.6 is 23.1 Å². The van der Waals surface area contributed by atoms with Gasteiger partial charge in [0.1, 0.15) is 22.2 Å². The average molecular weight is 430 g/mol. The summed E-state index contributed by atoms with van der Waals surface area (Å²) < 4.78 is 5.31. The summed E-state index contributed by atoms with van der Waals surface area (Å²) in [6, 6.07) is 9.39. The van der Waals surface area contributed by atoms with Crippen LogP contribution in [0.5, 0.6) is 5.75 Å². The molecule has 152 valence electrons. The van der Waals surface area contributed by atoms with E-state index >= 15 is 0 Å². The highest BCUT2D eigenvalue weighted by atomic mass is 32.2. The molecule has 0 radical (unpaired) electrons. The fraction of sp³-hybridized carbons (Fsp3) is 0.381. The molecule has 0 aliphatic carbocycles. The van der Waals surface area contributed by atoms with Crippen molar-refractivity contribution in [2.75, 3.05) is 26.0 Å². The van der Waals surface area contributed by atoms with Gasteiger partial charge in [0, 0.05) is 10.3 Å². The van der Waals surface area contributed by atoms with Crippen LogP contribution in [0.2, 0.25) is 0 Å². The fourth-order valence-corrected chi connectivity index (χ4v) is 5.58. The number of thiophene rings is 1. The molecule has 1 aromatic carbocycles. The van der Waals surface area contributed by atoms with E-state index in [1.165, 1.54) is 23.1 Å². The quantitative estimate of drug-likeness (QED) is 0.352. The normalized spacial score (nSPS) is 16.1. The van der Waals surface area contributed by atoms with Gasteiger partial charge in [0.25, 0.3) is 0 Å². The largest absolute Gasteiger partial charge is 0.497 e. The molecule has 1 aliphatic rings. The number of ether oxygens (including phenoxy) is 1. The van der Waals surface area contributed by atoms with E-state index in [0.29, 0.717) is 23.5 Å². The smallest absolute Gasteiger partial charge is 0.183 e. The number of aryl methyl sites for hydroxylation is 1. The minimum atomic E-state index is -0.821. The molecule has 0 saturated carbocycles. The Morgan fingerprint density at radius 3 is 2.83 bits per heavy atom. The highest BCUT2D eigenvalue weighted by Gasteiger charge is 2.33. The Bertz CT molecular complexity index is 1040. The topological polar surface area (TPSA) is 84.3 Å². The summed E-state index contributed by atoms with van der Waals surface area (Å²) in [7, 11) is 1.62. The summed E-state index contributed by atoms with van der Waals surface area (Å²) in [4.78, 5) is 23.3. The molecule has 0 bridgehead atoms. The molecule has 2 aromatic heterocycles. The third-order valence-electron chi connectivity index (χ3n) is 5.09. The first-order valence-corrected chi connectivity index (χ1v) is 11.3. The van der Waals surface area contributed by atoms with Gasteiger partial charge in [0.2, 0.25) is 0 Å². The summed E-state index contributed by atoms with van der Waals surface area (Å²) in [6.07, 6.45) is 1.34. The van der Waals surface area contributed by atoms with Crippen LogP contribution in [0.25, 0.3) is 10.9 Å². The number of nitrogens with one attached hydrogen (secondary N) is 1. The number of carbonyl (C=O) groups is 1. The predicted molar refractivity (Wildman–Crippen MR) is 116 cm³/mol. The van der Waals surface area contributed by atoms with Crippen LogP contribution in [-0.2, 0) is 5.60 Å². The van der Waals surface area contributed by atoms with Crippen LogP contribution in [0.4, 0.5) is 0 Å². The Labute approximate surface area is 177 Å². The van der Waals surface area contributed by atoms with Crippen molar-refractivity contribution >= 4 is 39.8 Å². The van der Waals surface area contributed by atoms with Gasteiger partial charge in [-0.3, -0.25) is 4.79 Å². The molecular formula is C21H23N3O3S2. The van der Waals surface area contributed by atoms with E-state index in [2.05, 4.69) is 15.3 Å². The number of aliphatic hydroxyl groups is 1. The third kappa shape index (κ3) is 4.30. The number of carbonyl (C=O) groups excluding carboxylic acids is 1. The van der Waals surface area contributed by atoms with Crippen molar-refractivity contribution in [3.63, 3.8) is 0 Å². The second-order valence-electron chi connectivity index (χ2n) is 7.12. The zero-order valence-electron chi connectivity index (χ0n) is 16.4. The van der Waals surface area contributed by atoms with Crippen LogP contribution in [0.15, 0.2) is 35.4 Å². The Balaban J connectivity index is 1.52. The lowest BCUT2D eigenvalue weighted by molar-refractivity contribution is 0.00944. The van der Waals surface area contributed by atoms with Crippen molar-refractivity contribution in [1.29, 1.82) is 0 Å². The van der Waals surface area contributed by atoms with Crippen molar-refractivity contribution < 1.29 is 14.6 Å². The van der Waals surface area contributed by atoms with E-state index in [1.807, 2.05) is 37.3 Å². The van der Waals surface area contributed by atoms with Crippen LogP contribution in [0.3, 0.4) is 0 Å². The van der Waals surface area contributed by atoms with Crippen LogP contribution in [-0.4, -0.2) is 46.8 Å². The van der Waals surface area contributed by atoms with Crippen molar-refractivity contribution in [2.45, 2.75) is 30.4 Å². The Hall–Kier alpha value is -2.00. The van der Waals surface area contributed by atoms with E-state index in [9.17, 15) is 9.90 Å². The SMILES string of the molecule is COc1ccc2nc(C)nc(SCC(=O)c3ccc(C4(O)CCNCC4)s3)c2c1. The van der Waals surface area contributed by atoms with Crippen LogP contribution < -0.4 is 10.1 Å². The molecule has 2 N–H and O–H groups in total. The molecule has 0 atom stereocenters. The standard InChI is InChI=1S/C21H23N3O3S2/c1-13-23-16-4-3-14(27-2)11-15(16)20(24-13)28-12-17(25)18-5-6-19(29-18)21(26)7-9-22-10-8-21/h3-6,11,22,26H,7-10,12H2,1-2H3.